The van der Waals surface area contributed by atoms with Gasteiger partial charge in [0.1, 0.15) is 0 Å². The fourth-order valence-electron chi connectivity index (χ4n) is 2.00. The third kappa shape index (κ3) is 3.41. The number of hydrogen-bond acceptors (Lipinski definition) is 3. The van der Waals surface area contributed by atoms with Crippen molar-refractivity contribution in [3.63, 3.8) is 0 Å². The fourth-order valence-corrected chi connectivity index (χ4v) is 2.00. The third-order valence-electron chi connectivity index (χ3n) is 2.97. The Morgan fingerprint density at radius 2 is 2.00 bits per heavy atom. The van der Waals surface area contributed by atoms with E-state index in [-0.39, 0.29) is 5.54 Å². The van der Waals surface area contributed by atoms with Crippen molar-refractivity contribution in [2.75, 3.05) is 0 Å². The van der Waals surface area contributed by atoms with Crippen molar-refractivity contribution < 1.29 is 0 Å². The third-order valence-corrected chi connectivity index (χ3v) is 2.97. The zero-order valence-electron chi connectivity index (χ0n) is 12.4. The number of pyridine rings is 1. The summed E-state index contributed by atoms with van der Waals surface area (Å²) in [5.41, 5.74) is 3.54. The molecule has 2 aromatic heterocycles. The molecule has 0 unspecified atom stereocenters. The van der Waals surface area contributed by atoms with Crippen LogP contribution in [-0.2, 0) is 6.54 Å². The lowest BCUT2D eigenvalue weighted by Crippen LogP contribution is -2.35. The van der Waals surface area contributed by atoms with Crippen LogP contribution in [0.15, 0.2) is 24.5 Å². The van der Waals surface area contributed by atoms with Crippen LogP contribution in [-0.4, -0.2) is 20.3 Å². The number of aryl methyl sites for hydroxylation is 2. The van der Waals surface area contributed by atoms with Gasteiger partial charge in [0, 0.05) is 35.7 Å². The monoisotopic (exact) mass is 258 g/mol. The lowest BCUT2D eigenvalue weighted by molar-refractivity contribution is 0.423. The molecular formula is C15H22N4. The molecular weight excluding hydrogens is 236 g/mol. The largest absolute Gasteiger partial charge is 0.308 e. The Morgan fingerprint density at radius 3 is 2.58 bits per heavy atom. The van der Waals surface area contributed by atoms with E-state index >= 15 is 0 Å². The van der Waals surface area contributed by atoms with Gasteiger partial charge in [-0.2, -0.15) is 5.10 Å². The Balaban J connectivity index is 2.41. The molecule has 0 atom stereocenters. The van der Waals surface area contributed by atoms with Gasteiger partial charge in [-0.3, -0.25) is 0 Å². The molecule has 2 aromatic rings. The van der Waals surface area contributed by atoms with E-state index in [9.17, 15) is 0 Å². The van der Waals surface area contributed by atoms with Crippen LogP contribution < -0.4 is 5.32 Å². The summed E-state index contributed by atoms with van der Waals surface area (Å²) in [5.74, 6) is 0.916. The highest BCUT2D eigenvalue weighted by Gasteiger charge is 2.14. The van der Waals surface area contributed by atoms with E-state index in [1.165, 1.54) is 11.1 Å². The molecule has 0 spiro atoms. The summed E-state index contributed by atoms with van der Waals surface area (Å²) in [4.78, 5) is 4.64. The molecule has 4 nitrogen and oxygen atoms in total. The molecule has 0 aliphatic carbocycles. The first kappa shape index (κ1) is 13.7. The van der Waals surface area contributed by atoms with Crippen LogP contribution in [0.1, 0.15) is 37.6 Å². The van der Waals surface area contributed by atoms with Crippen LogP contribution in [0, 0.1) is 13.8 Å². The normalized spacial score (nSPS) is 11.8. The van der Waals surface area contributed by atoms with Crippen molar-refractivity contribution in [1.29, 1.82) is 0 Å². The summed E-state index contributed by atoms with van der Waals surface area (Å²) in [7, 11) is 0. The molecule has 2 rings (SSSR count). The van der Waals surface area contributed by atoms with E-state index in [1.807, 2.05) is 23.9 Å². The second kappa shape index (κ2) is 5.13. The maximum atomic E-state index is 4.64. The van der Waals surface area contributed by atoms with Crippen molar-refractivity contribution >= 4 is 0 Å². The lowest BCUT2D eigenvalue weighted by Gasteiger charge is -2.22. The first-order chi connectivity index (χ1) is 8.87. The fraction of sp³-hybridized carbons (Fsp3) is 0.467. The molecule has 0 saturated carbocycles. The van der Waals surface area contributed by atoms with E-state index in [1.54, 1.807) is 6.20 Å². The number of hydrogen-bond donors (Lipinski definition) is 1. The van der Waals surface area contributed by atoms with Crippen LogP contribution in [0.4, 0.5) is 0 Å². The molecule has 0 aliphatic rings. The van der Waals surface area contributed by atoms with E-state index < -0.39 is 0 Å². The number of nitrogens with one attached hydrogen (secondary N) is 1. The van der Waals surface area contributed by atoms with Gasteiger partial charge < -0.3 is 5.32 Å². The van der Waals surface area contributed by atoms with Crippen molar-refractivity contribution in [3.05, 3.63) is 41.3 Å². The number of rotatable bonds is 3. The molecule has 102 valence electrons. The quantitative estimate of drug-likeness (QED) is 0.920. The van der Waals surface area contributed by atoms with Crippen molar-refractivity contribution in [3.8, 4) is 5.82 Å². The molecule has 0 saturated heterocycles. The summed E-state index contributed by atoms with van der Waals surface area (Å²) in [6.45, 7) is 11.4. The maximum absolute atomic E-state index is 4.64. The van der Waals surface area contributed by atoms with Gasteiger partial charge >= 0.3 is 0 Å². The topological polar surface area (TPSA) is 42.7 Å². The molecule has 0 aliphatic heterocycles. The van der Waals surface area contributed by atoms with Gasteiger partial charge in [-0.05, 0) is 52.3 Å². The summed E-state index contributed by atoms with van der Waals surface area (Å²) in [6.07, 6.45) is 3.71. The molecule has 0 radical (unpaired) electrons. The summed E-state index contributed by atoms with van der Waals surface area (Å²) >= 11 is 0. The number of nitrogens with zero attached hydrogens (tertiary/aromatic N) is 3. The standard InChI is InChI=1S/C15H22N4/c1-11-9-12(2)18-14(19-8-6-7-17-19)13(11)10-16-15(3,4)5/h6-9,16H,10H2,1-5H3. The van der Waals surface area contributed by atoms with Gasteiger partial charge in [-0.1, -0.05) is 0 Å². The van der Waals surface area contributed by atoms with Crippen molar-refractivity contribution in [2.24, 2.45) is 0 Å². The minimum Gasteiger partial charge on any atom is -0.308 e. The minimum absolute atomic E-state index is 0.0821. The molecule has 19 heavy (non-hydrogen) atoms. The van der Waals surface area contributed by atoms with E-state index in [4.69, 9.17) is 0 Å². The maximum Gasteiger partial charge on any atom is 0.158 e. The first-order valence-corrected chi connectivity index (χ1v) is 6.59. The zero-order chi connectivity index (χ0) is 14.0. The molecule has 1 N–H and O–H groups in total. The number of aromatic nitrogens is 3. The van der Waals surface area contributed by atoms with Gasteiger partial charge in [0.25, 0.3) is 0 Å². The van der Waals surface area contributed by atoms with Gasteiger partial charge in [0.2, 0.25) is 0 Å². The Bertz CT molecular complexity index is 550. The highest BCUT2D eigenvalue weighted by atomic mass is 15.3. The van der Waals surface area contributed by atoms with Crippen LogP contribution >= 0.6 is 0 Å². The summed E-state index contributed by atoms with van der Waals surface area (Å²) in [6, 6.07) is 4.03. The van der Waals surface area contributed by atoms with Gasteiger partial charge in [-0.25, -0.2) is 9.67 Å². The SMILES string of the molecule is Cc1cc(C)c(CNC(C)(C)C)c(-n2cccn2)n1. The molecule has 0 amide bonds. The Kier molecular flexibility index (Phi) is 3.71. The van der Waals surface area contributed by atoms with E-state index in [0.29, 0.717) is 0 Å². The predicted octanol–water partition coefficient (Wildman–Crippen LogP) is 2.77. The van der Waals surface area contributed by atoms with Crippen LogP contribution in [0.25, 0.3) is 5.82 Å². The van der Waals surface area contributed by atoms with Gasteiger partial charge in [-0.15, -0.1) is 0 Å². The van der Waals surface area contributed by atoms with Gasteiger partial charge in [0.15, 0.2) is 5.82 Å². The van der Waals surface area contributed by atoms with E-state index in [0.717, 1.165) is 18.1 Å². The summed E-state index contributed by atoms with van der Waals surface area (Å²) < 4.78 is 1.83. The van der Waals surface area contributed by atoms with Crippen LogP contribution in [0.5, 0.6) is 0 Å². The second-order valence-corrected chi connectivity index (χ2v) is 5.94. The van der Waals surface area contributed by atoms with E-state index in [2.05, 4.69) is 49.2 Å². The zero-order valence-corrected chi connectivity index (χ0v) is 12.4. The average Bonchev–Trinajstić information content (AvgIpc) is 2.78. The van der Waals surface area contributed by atoms with Gasteiger partial charge in [0.05, 0.1) is 0 Å². The minimum atomic E-state index is 0.0821. The Morgan fingerprint density at radius 1 is 1.26 bits per heavy atom. The summed E-state index contributed by atoms with van der Waals surface area (Å²) in [5, 5.41) is 7.82. The molecule has 4 heteroatoms. The smallest absolute Gasteiger partial charge is 0.158 e. The predicted molar refractivity (Wildman–Crippen MR) is 77.4 cm³/mol. The Labute approximate surface area is 114 Å². The molecule has 0 fully saturated rings. The second-order valence-electron chi connectivity index (χ2n) is 5.94. The molecule has 0 aromatic carbocycles. The van der Waals surface area contributed by atoms with Crippen molar-refractivity contribution in [1.82, 2.24) is 20.1 Å². The van der Waals surface area contributed by atoms with Crippen LogP contribution in [0.2, 0.25) is 0 Å². The molecule has 2 heterocycles. The highest BCUT2D eigenvalue weighted by molar-refractivity contribution is 5.40. The highest BCUT2D eigenvalue weighted by Crippen LogP contribution is 2.18. The lowest BCUT2D eigenvalue weighted by atomic mass is 10.1. The molecule has 0 bridgehead atoms. The first-order valence-electron chi connectivity index (χ1n) is 6.59. The van der Waals surface area contributed by atoms with Crippen LogP contribution in [0.3, 0.4) is 0 Å². The Hall–Kier alpha value is -1.68. The van der Waals surface area contributed by atoms with Crippen molar-refractivity contribution in [2.45, 2.75) is 46.7 Å². The average molecular weight is 258 g/mol.